The molecule has 4 fully saturated rings. The van der Waals surface area contributed by atoms with Crippen molar-refractivity contribution in [3.63, 3.8) is 0 Å². The van der Waals surface area contributed by atoms with Gasteiger partial charge in [0.05, 0.1) is 26.4 Å². The van der Waals surface area contributed by atoms with Gasteiger partial charge in [-0.15, -0.1) is 0 Å². The minimum Gasteiger partial charge on any atom is -0.496 e. The highest BCUT2D eigenvalue weighted by Crippen LogP contribution is 2.52. The number of amides is 2. The highest BCUT2D eigenvalue weighted by atomic mass is 16.7. The number of carbonyl (C=O) groups is 2. The van der Waals surface area contributed by atoms with Gasteiger partial charge in [0.15, 0.2) is 0 Å². The number of nitrogens with one attached hydrogen (secondary N) is 3. The van der Waals surface area contributed by atoms with E-state index in [1.165, 1.54) is 5.57 Å². The van der Waals surface area contributed by atoms with Crippen molar-refractivity contribution in [1.82, 2.24) is 21.0 Å². The van der Waals surface area contributed by atoms with Crippen molar-refractivity contribution in [3.05, 3.63) is 95.6 Å². The lowest BCUT2D eigenvalue weighted by molar-refractivity contribution is -0.182. The van der Waals surface area contributed by atoms with Gasteiger partial charge in [0.2, 0.25) is 5.91 Å². The number of carbonyl (C=O) groups excluding carboxylic acids is 2. The lowest BCUT2D eigenvalue weighted by atomic mass is 9.56. The number of hydrogen-bond acceptors (Lipinski definition) is 9. The second-order valence-corrected chi connectivity index (χ2v) is 15.6. The molecular formula is C43H57N5O6. The number of hydrogen-bond donors (Lipinski definition) is 5. The van der Waals surface area contributed by atoms with Gasteiger partial charge in [0.25, 0.3) is 5.91 Å². The van der Waals surface area contributed by atoms with Gasteiger partial charge in [-0.3, -0.25) is 14.4 Å². The number of aliphatic hydroxyl groups is 2. The highest BCUT2D eigenvalue weighted by Gasteiger charge is 2.52. The Morgan fingerprint density at radius 3 is 2.48 bits per heavy atom. The van der Waals surface area contributed by atoms with Crippen LogP contribution in [0.25, 0.3) is 11.1 Å². The molecule has 2 amide bonds. The zero-order valence-electron chi connectivity index (χ0n) is 32.4. The van der Waals surface area contributed by atoms with E-state index in [9.17, 15) is 19.8 Å². The third kappa shape index (κ3) is 8.21. The number of ether oxygens (including phenoxy) is 1. The predicted molar refractivity (Wildman–Crippen MR) is 211 cm³/mol. The number of nitrogens with zero attached hydrogens (tertiary/aromatic N) is 2. The normalized spacial score (nSPS) is 26.1. The average molecular weight is 740 g/mol. The number of hydroxylamine groups is 2. The van der Waals surface area contributed by atoms with E-state index >= 15 is 0 Å². The van der Waals surface area contributed by atoms with E-state index in [-0.39, 0.29) is 43.0 Å². The van der Waals surface area contributed by atoms with Gasteiger partial charge in [-0.2, -0.15) is 5.06 Å². The lowest BCUT2D eigenvalue weighted by Gasteiger charge is -2.52. The number of anilines is 1. The Bertz CT molecular complexity index is 1800. The summed E-state index contributed by atoms with van der Waals surface area (Å²) in [5, 5.41) is 32.6. The topological polar surface area (TPSA) is 136 Å². The van der Waals surface area contributed by atoms with Crippen molar-refractivity contribution in [2.75, 3.05) is 46.3 Å². The zero-order valence-corrected chi connectivity index (χ0v) is 32.4. The van der Waals surface area contributed by atoms with Crippen molar-refractivity contribution in [1.29, 1.82) is 0 Å². The molecule has 0 spiro atoms. The Labute approximate surface area is 319 Å². The van der Waals surface area contributed by atoms with E-state index in [4.69, 9.17) is 9.57 Å². The fourth-order valence-corrected chi connectivity index (χ4v) is 8.78. The van der Waals surface area contributed by atoms with Crippen molar-refractivity contribution in [2.24, 2.45) is 23.7 Å². The number of methoxy groups -OCH3 is 1. The van der Waals surface area contributed by atoms with E-state index < -0.39 is 24.2 Å². The molecule has 1 aliphatic heterocycles. The number of rotatable bonds is 15. The molecule has 0 radical (unpaired) electrons. The van der Waals surface area contributed by atoms with Crippen molar-refractivity contribution in [2.45, 2.75) is 70.0 Å². The first-order chi connectivity index (χ1) is 25.9. The quantitative estimate of drug-likeness (QED) is 0.146. The van der Waals surface area contributed by atoms with Crippen molar-refractivity contribution < 1.29 is 29.4 Å². The third-order valence-electron chi connectivity index (χ3n) is 11.8. The monoisotopic (exact) mass is 739 g/mol. The summed E-state index contributed by atoms with van der Waals surface area (Å²) < 4.78 is 6.08. The fourth-order valence-electron chi connectivity index (χ4n) is 8.78. The number of allylic oxidation sites excluding steroid dienone is 1. The van der Waals surface area contributed by atoms with Crippen LogP contribution in [0, 0.1) is 23.7 Å². The van der Waals surface area contributed by atoms with Gasteiger partial charge in [-0.1, -0.05) is 67.6 Å². The summed E-state index contributed by atoms with van der Waals surface area (Å²) in [5.41, 5.74) is 6.10. The van der Waals surface area contributed by atoms with Gasteiger partial charge in [-0.25, -0.2) is 0 Å². The molecule has 7 rings (SSSR count). The van der Waals surface area contributed by atoms with E-state index in [0.717, 1.165) is 40.8 Å². The maximum absolute atomic E-state index is 14.2. The molecule has 11 nitrogen and oxygen atoms in total. The molecule has 3 aliphatic carbocycles. The van der Waals surface area contributed by atoms with Crippen LogP contribution in [0.2, 0.25) is 0 Å². The van der Waals surface area contributed by atoms with Gasteiger partial charge in [0.1, 0.15) is 17.9 Å². The standard InChI is InChI=1S/C43H57N5O6/c1-25-30-20-36(25)26(2)37(21-30)46-43(52)40-39(27(3)50)38(24-49)54-48(40)23-29-14-11-15-35(41(29)53-7)31-17-32(19-34(18-31)47(5)6)42(51)45-33(22-44-4)16-28-12-9-8-10-13-28/h8-15,17-19,26-27,30,33,36-40,44,49-50H,1,16,20-24H2,2-7H3,(H,45,51)(H,46,52)/t26-,27-,30+,33-,36+,37-,38-,39+,40-/m0/s1. The van der Waals surface area contributed by atoms with E-state index in [1.54, 1.807) is 19.1 Å². The van der Waals surface area contributed by atoms with Crippen LogP contribution in [-0.2, 0) is 22.6 Å². The molecule has 11 heteroatoms. The molecule has 3 aromatic carbocycles. The van der Waals surface area contributed by atoms with Crippen LogP contribution in [0.1, 0.15) is 48.2 Å². The van der Waals surface area contributed by atoms with E-state index in [1.807, 2.05) is 80.6 Å². The summed E-state index contributed by atoms with van der Waals surface area (Å²) in [6.07, 6.45) is 0.984. The lowest BCUT2D eigenvalue weighted by Crippen LogP contribution is -2.57. The molecule has 3 aromatic rings. The number of likely N-dealkylation sites (N-methyl/N-ethyl adjacent to an activating group) is 1. The first kappa shape index (κ1) is 39.4. The molecule has 0 unspecified atom stereocenters. The van der Waals surface area contributed by atoms with Gasteiger partial charge < -0.3 is 35.8 Å². The summed E-state index contributed by atoms with van der Waals surface area (Å²) in [7, 11) is 7.35. The smallest absolute Gasteiger partial charge is 0.251 e. The fraction of sp³-hybridized carbons (Fsp3) is 0.488. The van der Waals surface area contributed by atoms with E-state index in [0.29, 0.717) is 36.1 Å². The number of benzene rings is 3. The summed E-state index contributed by atoms with van der Waals surface area (Å²) in [6, 6.07) is 20.7. The van der Waals surface area contributed by atoms with Crippen LogP contribution in [0.4, 0.5) is 5.69 Å². The molecular weight excluding hydrogens is 683 g/mol. The number of para-hydroxylation sites is 1. The van der Waals surface area contributed by atoms with Crippen LogP contribution >= 0.6 is 0 Å². The Morgan fingerprint density at radius 1 is 1.09 bits per heavy atom. The second kappa shape index (κ2) is 17.0. The largest absolute Gasteiger partial charge is 0.496 e. The van der Waals surface area contributed by atoms with Crippen LogP contribution in [0.3, 0.4) is 0 Å². The molecule has 290 valence electrons. The van der Waals surface area contributed by atoms with E-state index in [2.05, 4.69) is 41.6 Å². The number of aliphatic hydroxyl groups excluding tert-OH is 2. The Hall–Kier alpha value is -4.26. The number of fused-ring (bicyclic) bond motifs is 2. The average Bonchev–Trinajstić information content (AvgIpc) is 3.54. The maximum atomic E-state index is 14.2. The zero-order chi connectivity index (χ0) is 38.7. The van der Waals surface area contributed by atoms with Gasteiger partial charge >= 0.3 is 0 Å². The Balaban J connectivity index is 1.28. The Kier molecular flexibility index (Phi) is 12.4. The molecule has 9 atom stereocenters. The molecule has 3 saturated carbocycles. The van der Waals surface area contributed by atoms with Gasteiger partial charge in [0, 0.05) is 61.0 Å². The van der Waals surface area contributed by atoms with Crippen LogP contribution in [0.5, 0.6) is 5.75 Å². The SMILES string of the molecule is C=C1[C@H]2C[C@H](NC(=O)[C@@H]3[C@H]([C@H](C)O)[C@H](CO)ON3Cc3cccc(-c4cc(C(=O)N[C@H](CNC)Cc5ccccc5)cc(N(C)C)c4)c3OC)[C@@H](C)[C@@H]1C2. The minimum absolute atomic E-state index is 0.00323. The summed E-state index contributed by atoms with van der Waals surface area (Å²) in [5.74, 6) is 0.614. The third-order valence-corrected chi connectivity index (χ3v) is 11.8. The Morgan fingerprint density at radius 2 is 1.85 bits per heavy atom. The first-order valence-electron chi connectivity index (χ1n) is 19.1. The highest BCUT2D eigenvalue weighted by molar-refractivity contribution is 5.97. The summed E-state index contributed by atoms with van der Waals surface area (Å²) in [6.45, 7) is 8.49. The van der Waals surface area contributed by atoms with Crippen molar-refractivity contribution >= 4 is 17.5 Å². The molecule has 1 saturated heterocycles. The molecule has 54 heavy (non-hydrogen) atoms. The maximum Gasteiger partial charge on any atom is 0.251 e. The molecule has 5 N–H and O–H groups in total. The molecule has 4 aliphatic rings. The van der Waals surface area contributed by atoms with Gasteiger partial charge in [-0.05, 0) is 80.3 Å². The second-order valence-electron chi connectivity index (χ2n) is 15.6. The van der Waals surface area contributed by atoms with Crippen LogP contribution in [-0.4, -0.2) is 98.8 Å². The van der Waals surface area contributed by atoms with Crippen LogP contribution in [0.15, 0.2) is 78.9 Å². The molecule has 1 heterocycles. The van der Waals surface area contributed by atoms with Crippen molar-refractivity contribution in [3.8, 4) is 16.9 Å². The summed E-state index contributed by atoms with van der Waals surface area (Å²) >= 11 is 0. The van der Waals surface area contributed by atoms with Crippen LogP contribution < -0.4 is 25.6 Å². The molecule has 0 aromatic heterocycles. The minimum atomic E-state index is -0.910. The molecule has 2 bridgehead atoms. The first-order valence-corrected chi connectivity index (χ1v) is 19.1. The summed E-state index contributed by atoms with van der Waals surface area (Å²) in [4.78, 5) is 36.3. The predicted octanol–water partition coefficient (Wildman–Crippen LogP) is 4.18.